The van der Waals surface area contributed by atoms with Gasteiger partial charge in [0.05, 0.1) is 24.9 Å². The van der Waals surface area contributed by atoms with Crippen LogP contribution in [0.1, 0.15) is 61.5 Å². The Morgan fingerprint density at radius 2 is 1.74 bits per heavy atom. The van der Waals surface area contributed by atoms with Crippen LogP contribution in [-0.2, 0) is 30.4 Å². The second-order valence-corrected chi connectivity index (χ2v) is 11.0. The lowest BCUT2D eigenvalue weighted by molar-refractivity contribution is -0.276. The average Bonchev–Trinajstić information content (AvgIpc) is 2.98. The van der Waals surface area contributed by atoms with E-state index < -0.39 is 30.4 Å². The van der Waals surface area contributed by atoms with Crippen molar-refractivity contribution in [2.75, 3.05) is 25.5 Å². The summed E-state index contributed by atoms with van der Waals surface area (Å²) < 4.78 is 18.0. The molecule has 1 fully saturated rings. The van der Waals surface area contributed by atoms with E-state index in [2.05, 4.69) is 12.2 Å². The van der Waals surface area contributed by atoms with Crippen LogP contribution < -0.4 is 5.32 Å². The van der Waals surface area contributed by atoms with Crippen LogP contribution in [0.4, 0.5) is 5.69 Å². The topological polar surface area (TPSA) is 138 Å². The van der Waals surface area contributed by atoms with Gasteiger partial charge in [-0.05, 0) is 54.9 Å². The van der Waals surface area contributed by atoms with Gasteiger partial charge in [0.15, 0.2) is 12.4 Å². The first-order chi connectivity index (χ1) is 20.5. The number of nitrogens with zero attached hydrogens (tertiary/aromatic N) is 1. The van der Waals surface area contributed by atoms with Crippen molar-refractivity contribution in [2.24, 2.45) is 5.92 Å². The van der Waals surface area contributed by atoms with Gasteiger partial charge in [0.25, 0.3) is 5.91 Å². The number of phenols is 1. The molecular weight excluding hydrogens is 552 g/mol. The van der Waals surface area contributed by atoms with Crippen LogP contribution in [-0.4, -0.2) is 64.4 Å². The highest BCUT2D eigenvalue weighted by Gasteiger charge is 2.39. The molecule has 10 heteroatoms. The third kappa shape index (κ3) is 8.62. The molecule has 3 aromatic rings. The number of esters is 1. The van der Waals surface area contributed by atoms with E-state index in [1.54, 1.807) is 42.5 Å². The first-order valence-electron chi connectivity index (χ1n) is 14.3. The zero-order valence-corrected chi connectivity index (χ0v) is 24.8. The predicted octanol–water partition coefficient (Wildman–Crippen LogP) is 4.23. The van der Waals surface area contributed by atoms with E-state index in [4.69, 9.17) is 14.2 Å². The van der Waals surface area contributed by atoms with Crippen molar-refractivity contribution in [1.29, 1.82) is 0 Å². The van der Waals surface area contributed by atoms with E-state index in [0.717, 1.165) is 11.1 Å². The van der Waals surface area contributed by atoms with Crippen LogP contribution in [0.15, 0.2) is 72.8 Å². The number of phenolic OH excluding ortho intramolecular Hbond substituents is 1. The fourth-order valence-corrected chi connectivity index (χ4v) is 5.15. The minimum atomic E-state index is -0.953. The molecule has 0 unspecified atom stereocenters. The monoisotopic (exact) mass is 592 g/mol. The first kappa shape index (κ1) is 32.1. The molecule has 0 aromatic heterocycles. The van der Waals surface area contributed by atoms with Gasteiger partial charge in [-0.1, -0.05) is 55.5 Å². The summed E-state index contributed by atoms with van der Waals surface area (Å²) in [4.78, 5) is 25.8. The van der Waals surface area contributed by atoms with Crippen LogP contribution in [0.3, 0.4) is 0 Å². The zero-order valence-electron chi connectivity index (χ0n) is 24.8. The number of anilines is 1. The van der Waals surface area contributed by atoms with E-state index in [9.17, 15) is 24.9 Å². The third-order valence-electron chi connectivity index (χ3n) is 7.49. The van der Waals surface area contributed by atoms with Crippen LogP contribution >= 0.6 is 0 Å². The van der Waals surface area contributed by atoms with Crippen LogP contribution in [0.2, 0.25) is 0 Å². The Bertz CT molecular complexity index is 1380. The molecule has 1 amide bonds. The Morgan fingerprint density at radius 3 is 2.42 bits per heavy atom. The lowest BCUT2D eigenvalue weighted by Crippen LogP contribution is -2.44. The summed E-state index contributed by atoms with van der Waals surface area (Å²) in [5.41, 5.74) is 3.54. The predicted molar refractivity (Wildman–Crippen MR) is 160 cm³/mol. The molecule has 4 N–H and O–H groups in total. The summed E-state index contributed by atoms with van der Waals surface area (Å²) in [5.74, 6) is -0.988. The Kier molecular flexibility index (Phi) is 10.9. The SMILES string of the molecule is CC(=O)O[C@@H](C)C(=O)Nc1cccc([C@@H]2O[C@H](CN(C)C[C@@H](O)c3cccc(O)c3)[C@H](C)[C@H](c3ccc(CO)cc3)O2)c1. The lowest BCUT2D eigenvalue weighted by atomic mass is 9.90. The highest BCUT2D eigenvalue weighted by molar-refractivity contribution is 5.95. The Morgan fingerprint density at radius 1 is 1.02 bits per heavy atom. The maximum atomic E-state index is 12.5. The van der Waals surface area contributed by atoms with Crippen LogP contribution in [0.5, 0.6) is 5.75 Å². The first-order valence-corrected chi connectivity index (χ1v) is 14.3. The number of amides is 1. The summed E-state index contributed by atoms with van der Waals surface area (Å²) >= 11 is 0. The molecule has 1 aliphatic rings. The van der Waals surface area contributed by atoms with Gasteiger partial charge in [0.2, 0.25) is 0 Å². The number of hydrogen-bond donors (Lipinski definition) is 4. The van der Waals surface area contributed by atoms with E-state index >= 15 is 0 Å². The van der Waals surface area contributed by atoms with Crippen molar-refractivity contribution in [3.05, 3.63) is 95.1 Å². The zero-order chi connectivity index (χ0) is 31.1. The van der Waals surface area contributed by atoms with Gasteiger partial charge in [-0.25, -0.2) is 0 Å². The number of hydrogen-bond acceptors (Lipinski definition) is 9. The van der Waals surface area contributed by atoms with E-state index in [1.807, 2.05) is 42.3 Å². The summed E-state index contributed by atoms with van der Waals surface area (Å²) in [7, 11) is 1.90. The number of aliphatic hydroxyl groups excluding tert-OH is 2. The van der Waals surface area contributed by atoms with Crippen molar-refractivity contribution in [2.45, 2.75) is 58.1 Å². The summed E-state index contributed by atoms with van der Waals surface area (Å²) in [6, 6.07) is 21.3. The number of nitrogens with one attached hydrogen (secondary N) is 1. The molecule has 3 aromatic carbocycles. The summed E-state index contributed by atoms with van der Waals surface area (Å²) in [5, 5.41) is 32.9. The third-order valence-corrected chi connectivity index (χ3v) is 7.49. The molecule has 0 saturated carbocycles. The average molecular weight is 593 g/mol. The normalized spacial score (nSPS) is 21.7. The molecule has 10 nitrogen and oxygen atoms in total. The number of aromatic hydroxyl groups is 1. The van der Waals surface area contributed by atoms with Gasteiger partial charge in [-0.2, -0.15) is 0 Å². The van der Waals surface area contributed by atoms with Gasteiger partial charge < -0.3 is 39.7 Å². The van der Waals surface area contributed by atoms with E-state index in [1.165, 1.54) is 13.8 Å². The number of carbonyl (C=O) groups excluding carboxylic acids is 2. The molecule has 0 radical (unpaired) electrons. The van der Waals surface area contributed by atoms with E-state index in [-0.39, 0.29) is 30.5 Å². The number of aliphatic hydroxyl groups is 2. The minimum Gasteiger partial charge on any atom is -0.508 e. The van der Waals surface area contributed by atoms with Gasteiger partial charge in [-0.15, -0.1) is 0 Å². The standard InChI is InChI=1S/C33H40N2O8/c1-20-30(18-35(4)17-29(39)25-7-6-10-28(38)16-25)42-33(43-31(20)24-13-11-23(19-36)12-14-24)26-8-5-9-27(15-26)34-32(40)21(2)41-22(3)37/h5-16,20-21,29-31,33,36,38-39H,17-19H2,1-4H3,(H,34,40)/t20-,21-,29+,30+,31+,33+/m0/s1. The quantitative estimate of drug-likeness (QED) is 0.241. The molecule has 0 bridgehead atoms. The Labute approximate surface area is 251 Å². The maximum Gasteiger partial charge on any atom is 0.303 e. The second kappa shape index (κ2) is 14.6. The van der Waals surface area contributed by atoms with Gasteiger partial charge in [-0.3, -0.25) is 9.59 Å². The molecule has 6 atom stereocenters. The molecular formula is C33H40N2O8. The smallest absolute Gasteiger partial charge is 0.303 e. The number of rotatable bonds is 11. The van der Waals surface area contributed by atoms with Crippen molar-refractivity contribution >= 4 is 17.6 Å². The van der Waals surface area contributed by atoms with Crippen molar-refractivity contribution < 1.29 is 39.1 Å². The van der Waals surface area contributed by atoms with Gasteiger partial charge in [0.1, 0.15) is 5.75 Å². The molecule has 1 aliphatic heterocycles. The minimum absolute atomic E-state index is 0.0589. The fourth-order valence-electron chi connectivity index (χ4n) is 5.15. The second-order valence-electron chi connectivity index (χ2n) is 11.0. The van der Waals surface area contributed by atoms with Crippen LogP contribution in [0, 0.1) is 5.92 Å². The number of benzene rings is 3. The highest BCUT2D eigenvalue weighted by atomic mass is 16.7. The molecule has 1 saturated heterocycles. The van der Waals surface area contributed by atoms with Gasteiger partial charge in [0, 0.05) is 37.2 Å². The molecule has 0 aliphatic carbocycles. The van der Waals surface area contributed by atoms with E-state index in [0.29, 0.717) is 29.9 Å². The van der Waals surface area contributed by atoms with Gasteiger partial charge >= 0.3 is 5.97 Å². The fraction of sp³-hybridized carbons (Fsp3) is 0.394. The Balaban J connectivity index is 1.54. The van der Waals surface area contributed by atoms with Crippen molar-refractivity contribution in [3.63, 3.8) is 0 Å². The van der Waals surface area contributed by atoms with Crippen molar-refractivity contribution in [1.82, 2.24) is 4.90 Å². The molecule has 1 heterocycles. The van der Waals surface area contributed by atoms with Crippen molar-refractivity contribution in [3.8, 4) is 5.75 Å². The summed E-state index contributed by atoms with van der Waals surface area (Å²) in [6.45, 7) is 5.55. The summed E-state index contributed by atoms with van der Waals surface area (Å²) in [6.07, 6.45) is -3.17. The molecule has 0 spiro atoms. The molecule has 43 heavy (non-hydrogen) atoms. The maximum absolute atomic E-state index is 12.5. The number of carbonyl (C=O) groups is 2. The molecule has 4 rings (SSSR count). The highest BCUT2D eigenvalue weighted by Crippen LogP contribution is 2.42. The number of ether oxygens (including phenoxy) is 3. The Hall–Kier alpha value is -3.80. The van der Waals surface area contributed by atoms with Crippen LogP contribution in [0.25, 0.3) is 0 Å². The largest absolute Gasteiger partial charge is 0.508 e. The number of likely N-dealkylation sites (N-methyl/N-ethyl adjacent to an activating group) is 1. The molecule has 230 valence electrons. The lowest BCUT2D eigenvalue weighted by Gasteiger charge is -2.42.